The van der Waals surface area contributed by atoms with Crippen molar-refractivity contribution in [1.29, 1.82) is 0 Å². The van der Waals surface area contributed by atoms with Gasteiger partial charge in [0.25, 0.3) is 0 Å². The molecular weight excluding hydrogens is 574 g/mol. The summed E-state index contributed by atoms with van der Waals surface area (Å²) in [5, 5.41) is 21.7. The molecule has 0 radical (unpaired) electrons. The largest absolute Gasteiger partial charge is 0.480 e. The van der Waals surface area contributed by atoms with E-state index in [9.17, 15) is 29.1 Å². The Morgan fingerprint density at radius 3 is 1.84 bits per heavy atom. The molecule has 0 saturated carbocycles. The Hall–Kier alpha value is -4.67. The summed E-state index contributed by atoms with van der Waals surface area (Å²) >= 11 is 0. The zero-order valence-corrected chi connectivity index (χ0v) is 26.6. The van der Waals surface area contributed by atoms with Gasteiger partial charge in [0.05, 0.1) is 0 Å². The average molecular weight is 620 g/mol. The number of benzene rings is 2. The number of aromatic nitrogens is 1. The van der Waals surface area contributed by atoms with Crippen LogP contribution in [0, 0.1) is 11.8 Å². The summed E-state index contributed by atoms with van der Waals surface area (Å²) in [5.41, 5.74) is 2.44. The van der Waals surface area contributed by atoms with E-state index < -0.39 is 47.9 Å². The van der Waals surface area contributed by atoms with Crippen molar-refractivity contribution < 1.29 is 29.1 Å². The molecule has 3 aromatic rings. The highest BCUT2D eigenvalue weighted by molar-refractivity contribution is 5.95. The molecule has 2 aromatic carbocycles. The maximum atomic E-state index is 13.7. The van der Waals surface area contributed by atoms with Crippen molar-refractivity contribution in [2.24, 2.45) is 11.8 Å². The number of carbonyl (C=O) groups is 5. The van der Waals surface area contributed by atoms with Crippen LogP contribution in [0.15, 0.2) is 60.8 Å². The number of aromatic amines is 1. The molecule has 45 heavy (non-hydrogen) atoms. The number of para-hydroxylation sites is 1. The molecule has 242 valence electrons. The predicted molar refractivity (Wildman–Crippen MR) is 172 cm³/mol. The monoisotopic (exact) mass is 619 g/mol. The van der Waals surface area contributed by atoms with Crippen molar-refractivity contribution in [3.05, 3.63) is 71.9 Å². The third kappa shape index (κ3) is 9.66. The van der Waals surface area contributed by atoms with Gasteiger partial charge in [0.1, 0.15) is 24.2 Å². The Morgan fingerprint density at radius 2 is 1.27 bits per heavy atom. The molecule has 0 aliphatic heterocycles. The van der Waals surface area contributed by atoms with E-state index in [0.29, 0.717) is 12.8 Å². The fourth-order valence-corrected chi connectivity index (χ4v) is 5.19. The van der Waals surface area contributed by atoms with Gasteiger partial charge in [-0.1, -0.05) is 89.1 Å². The minimum Gasteiger partial charge on any atom is -0.480 e. The molecule has 11 nitrogen and oxygen atoms in total. The average Bonchev–Trinajstić information content (AvgIpc) is 3.43. The molecular formula is C34H45N5O6. The standard InChI is InChI=1S/C34H45N5O6/c1-6-20(3)29(32(42)37-28(34(44)45)18-24-19-35-26-16-12-11-15-25(24)26)39-33(43)30(21(4)7-2)38-31(41)27(36-22(5)40)17-23-13-9-8-10-14-23/h8-16,19-21,27-30,35H,6-7,17-18H2,1-5H3,(H,36,40)(H,37,42)(H,38,41)(H,39,43)(H,44,45)/t20-,21-,27+,28-,29-,30-/m0/s1. The van der Waals surface area contributed by atoms with Crippen LogP contribution in [0.25, 0.3) is 10.9 Å². The molecule has 0 fully saturated rings. The molecule has 3 rings (SSSR count). The predicted octanol–water partition coefficient (Wildman–Crippen LogP) is 3.09. The van der Waals surface area contributed by atoms with E-state index in [2.05, 4.69) is 26.3 Å². The van der Waals surface area contributed by atoms with E-state index in [1.54, 1.807) is 13.1 Å². The maximum Gasteiger partial charge on any atom is 0.326 e. The fourth-order valence-electron chi connectivity index (χ4n) is 5.19. The Kier molecular flexibility index (Phi) is 12.7. The molecule has 0 unspecified atom stereocenters. The van der Waals surface area contributed by atoms with Crippen LogP contribution in [0.1, 0.15) is 58.6 Å². The molecule has 0 aliphatic carbocycles. The number of H-pyrrole nitrogens is 1. The van der Waals surface area contributed by atoms with Crippen LogP contribution < -0.4 is 21.3 Å². The second-order valence-corrected chi connectivity index (χ2v) is 11.6. The Labute approximate surface area is 263 Å². The van der Waals surface area contributed by atoms with Gasteiger partial charge in [-0.05, 0) is 29.0 Å². The highest BCUT2D eigenvalue weighted by Gasteiger charge is 2.35. The lowest BCUT2D eigenvalue weighted by Gasteiger charge is -2.30. The number of fused-ring (bicyclic) bond motifs is 1. The van der Waals surface area contributed by atoms with Crippen LogP contribution in [0.2, 0.25) is 0 Å². The van der Waals surface area contributed by atoms with Crippen molar-refractivity contribution in [1.82, 2.24) is 26.3 Å². The van der Waals surface area contributed by atoms with Crippen molar-refractivity contribution in [3.8, 4) is 0 Å². The number of hydrogen-bond donors (Lipinski definition) is 6. The molecule has 0 bridgehead atoms. The van der Waals surface area contributed by atoms with Gasteiger partial charge in [-0.2, -0.15) is 0 Å². The summed E-state index contributed by atoms with van der Waals surface area (Å²) in [6, 6.07) is 12.5. The third-order valence-electron chi connectivity index (χ3n) is 8.28. The molecule has 1 heterocycles. The Morgan fingerprint density at radius 1 is 0.711 bits per heavy atom. The number of rotatable bonds is 16. The van der Waals surface area contributed by atoms with Crippen LogP contribution in [0.3, 0.4) is 0 Å². The van der Waals surface area contributed by atoms with Crippen molar-refractivity contribution >= 4 is 40.5 Å². The van der Waals surface area contributed by atoms with E-state index in [1.165, 1.54) is 6.92 Å². The summed E-state index contributed by atoms with van der Waals surface area (Å²) in [5.74, 6) is -3.95. The summed E-state index contributed by atoms with van der Waals surface area (Å²) in [6.07, 6.45) is 3.08. The van der Waals surface area contributed by atoms with E-state index in [4.69, 9.17) is 0 Å². The summed E-state index contributed by atoms with van der Waals surface area (Å²) in [4.78, 5) is 68.0. The second kappa shape index (κ2) is 16.4. The number of nitrogens with one attached hydrogen (secondary N) is 5. The first kappa shape index (κ1) is 34.8. The highest BCUT2D eigenvalue weighted by Crippen LogP contribution is 2.20. The molecule has 0 aliphatic rings. The topological polar surface area (TPSA) is 169 Å². The van der Waals surface area contributed by atoms with Crippen LogP contribution in [0.4, 0.5) is 0 Å². The molecule has 6 atom stereocenters. The Bertz CT molecular complexity index is 1470. The van der Waals surface area contributed by atoms with Crippen LogP contribution in [-0.4, -0.2) is 63.9 Å². The maximum absolute atomic E-state index is 13.7. The second-order valence-electron chi connectivity index (χ2n) is 11.6. The third-order valence-corrected chi connectivity index (χ3v) is 8.28. The molecule has 4 amide bonds. The normalized spacial score (nSPS) is 15.1. The van der Waals surface area contributed by atoms with Gasteiger partial charge in [-0.15, -0.1) is 0 Å². The lowest BCUT2D eigenvalue weighted by Crippen LogP contribution is -2.60. The molecule has 0 spiro atoms. The van der Waals surface area contributed by atoms with Gasteiger partial charge in [0, 0.05) is 36.9 Å². The number of amides is 4. The SMILES string of the molecule is CC[C@H](C)[C@H](NC(=O)[C@@H](NC(=O)[C@@H](Cc1ccccc1)NC(C)=O)[C@@H](C)CC)C(=O)N[C@@H](Cc1c[nH]c2ccccc12)C(=O)O. The fraction of sp³-hybridized carbons (Fsp3) is 0.441. The first-order valence-corrected chi connectivity index (χ1v) is 15.4. The van der Waals surface area contributed by atoms with Gasteiger partial charge in [0.2, 0.25) is 23.6 Å². The molecule has 1 aromatic heterocycles. The first-order chi connectivity index (χ1) is 21.4. The van der Waals surface area contributed by atoms with Crippen molar-refractivity contribution in [2.75, 3.05) is 0 Å². The lowest BCUT2D eigenvalue weighted by molar-refractivity contribution is -0.142. The molecule has 0 saturated heterocycles. The van der Waals surface area contributed by atoms with Crippen LogP contribution in [0.5, 0.6) is 0 Å². The van der Waals surface area contributed by atoms with E-state index >= 15 is 0 Å². The quantitative estimate of drug-likeness (QED) is 0.144. The van der Waals surface area contributed by atoms with E-state index in [0.717, 1.165) is 22.0 Å². The highest BCUT2D eigenvalue weighted by atomic mass is 16.4. The molecule has 11 heteroatoms. The van der Waals surface area contributed by atoms with Gasteiger partial charge < -0.3 is 31.4 Å². The van der Waals surface area contributed by atoms with Crippen molar-refractivity contribution in [3.63, 3.8) is 0 Å². The minimum absolute atomic E-state index is 0.0454. The lowest BCUT2D eigenvalue weighted by atomic mass is 9.94. The number of carboxylic acids is 1. The minimum atomic E-state index is -1.23. The number of carboxylic acid groups (broad SMARTS) is 1. The molecule has 6 N–H and O–H groups in total. The van der Waals surface area contributed by atoms with Crippen molar-refractivity contribution in [2.45, 2.75) is 84.5 Å². The summed E-state index contributed by atoms with van der Waals surface area (Å²) in [6.45, 7) is 8.68. The number of carbonyl (C=O) groups excluding carboxylic acids is 4. The Balaban J connectivity index is 1.78. The zero-order chi connectivity index (χ0) is 33.1. The first-order valence-electron chi connectivity index (χ1n) is 15.4. The van der Waals surface area contributed by atoms with Crippen LogP contribution >= 0.6 is 0 Å². The van der Waals surface area contributed by atoms with Gasteiger partial charge >= 0.3 is 5.97 Å². The number of aliphatic carboxylic acids is 1. The van der Waals surface area contributed by atoms with E-state index in [1.807, 2.05) is 75.4 Å². The van der Waals surface area contributed by atoms with Gasteiger partial charge in [-0.25, -0.2) is 4.79 Å². The summed E-state index contributed by atoms with van der Waals surface area (Å²) in [7, 11) is 0. The van der Waals surface area contributed by atoms with Gasteiger partial charge in [0.15, 0.2) is 0 Å². The zero-order valence-electron chi connectivity index (χ0n) is 26.6. The number of hydrogen-bond acceptors (Lipinski definition) is 5. The van der Waals surface area contributed by atoms with E-state index in [-0.39, 0.29) is 30.6 Å². The van der Waals surface area contributed by atoms with Gasteiger partial charge in [-0.3, -0.25) is 19.2 Å². The summed E-state index contributed by atoms with van der Waals surface area (Å²) < 4.78 is 0. The van der Waals surface area contributed by atoms with Crippen LogP contribution in [-0.2, 0) is 36.8 Å². The smallest absolute Gasteiger partial charge is 0.326 e.